The summed E-state index contributed by atoms with van der Waals surface area (Å²) in [4.78, 5) is 81.2. The van der Waals surface area contributed by atoms with Gasteiger partial charge in [0.1, 0.15) is 0 Å². The number of hydrogen-bond donors (Lipinski definition) is 1. The van der Waals surface area contributed by atoms with Crippen LogP contribution in [0, 0.1) is 0 Å². The molecule has 1 heterocycles. The van der Waals surface area contributed by atoms with Gasteiger partial charge in [-0.05, 0) is 51.4 Å². The Morgan fingerprint density at radius 1 is 0.611 bits per heavy atom. The highest BCUT2D eigenvalue weighted by atomic mass is 16.2. The van der Waals surface area contributed by atoms with Crippen molar-refractivity contribution in [1.82, 2.24) is 10.2 Å². The molecule has 1 aliphatic rings. The Kier molecular flexibility index (Phi) is 16.2. The molecule has 0 saturated carbocycles. The van der Waals surface area contributed by atoms with Gasteiger partial charge in [-0.3, -0.25) is 0 Å². The molecule has 1 rings (SSSR count). The number of hydrogen-bond acceptors (Lipinski definition) is 9. The Morgan fingerprint density at radius 2 is 1.03 bits per heavy atom. The number of nitrogens with zero attached hydrogens (tertiary/aromatic N) is 5. The summed E-state index contributed by atoms with van der Waals surface area (Å²) in [6, 6.07) is -1.78. The summed E-state index contributed by atoms with van der Waals surface area (Å²) in [5.74, 6) is 0. The molecule has 36 heavy (non-hydrogen) atoms. The van der Waals surface area contributed by atoms with Crippen LogP contribution >= 0.6 is 0 Å². The monoisotopic (exact) mass is 505 g/mol. The molecule has 6 amide bonds. The van der Waals surface area contributed by atoms with Crippen LogP contribution in [0.2, 0.25) is 0 Å². The van der Waals surface area contributed by atoms with Crippen molar-refractivity contribution in [1.29, 1.82) is 0 Å². The number of rotatable bonds is 21. The lowest BCUT2D eigenvalue weighted by atomic mass is 10.1. The normalized spacial score (nSPS) is 17.1. The summed E-state index contributed by atoms with van der Waals surface area (Å²) >= 11 is 0. The minimum absolute atomic E-state index is 0.211. The summed E-state index contributed by atoms with van der Waals surface area (Å²) in [6.07, 6.45) is 13.2. The van der Waals surface area contributed by atoms with Gasteiger partial charge in [-0.15, -0.1) is 0 Å². The lowest BCUT2D eigenvalue weighted by Crippen LogP contribution is -2.73. The molecule has 1 N–H and O–H groups in total. The van der Waals surface area contributed by atoms with Crippen LogP contribution in [0.1, 0.15) is 77.0 Å². The molecule has 12 heteroatoms. The predicted molar refractivity (Wildman–Crippen MR) is 130 cm³/mol. The predicted octanol–water partition coefficient (Wildman–Crippen LogP) is 3.76. The zero-order valence-corrected chi connectivity index (χ0v) is 20.9. The Bertz CT molecular complexity index is 829. The number of quaternary nitrogens is 1. The van der Waals surface area contributed by atoms with Gasteiger partial charge in [0, 0.05) is 6.54 Å². The molecule has 0 radical (unpaired) electrons. The number of isocyanates is 3. The van der Waals surface area contributed by atoms with Crippen molar-refractivity contribution in [2.75, 3.05) is 39.3 Å². The largest absolute Gasteiger partial charge is 0.436 e. The number of carbonyl (C=O) groups is 3. The molecule has 0 aromatic carbocycles. The topological polar surface area (TPSA) is 155 Å². The third-order valence-electron chi connectivity index (χ3n) is 6.16. The van der Waals surface area contributed by atoms with Gasteiger partial charge in [0.15, 0.2) is 0 Å². The first-order valence-corrected chi connectivity index (χ1v) is 12.7. The average Bonchev–Trinajstić information content (AvgIpc) is 2.86. The number of nitrogens with one attached hydrogen (secondary N) is 1. The van der Waals surface area contributed by atoms with Crippen LogP contribution < -0.4 is 5.32 Å². The average molecular weight is 506 g/mol. The summed E-state index contributed by atoms with van der Waals surface area (Å²) in [5.41, 5.74) is 0. The number of amides is 6. The van der Waals surface area contributed by atoms with E-state index in [1.54, 1.807) is 0 Å². The van der Waals surface area contributed by atoms with E-state index in [1.165, 1.54) is 18.2 Å². The molecule has 198 valence electrons. The highest BCUT2D eigenvalue weighted by molar-refractivity contribution is 6.05. The molecule has 0 spiro atoms. The highest BCUT2D eigenvalue weighted by Gasteiger charge is 2.53. The van der Waals surface area contributed by atoms with E-state index < -0.39 is 22.6 Å². The van der Waals surface area contributed by atoms with E-state index in [9.17, 15) is 28.8 Å². The summed E-state index contributed by atoms with van der Waals surface area (Å²) in [5, 5.41) is 2.38. The van der Waals surface area contributed by atoms with Gasteiger partial charge >= 0.3 is 18.1 Å². The van der Waals surface area contributed by atoms with Gasteiger partial charge in [-0.25, -0.2) is 54.0 Å². The molecular formula is C24H37N6O6+. The van der Waals surface area contributed by atoms with Gasteiger partial charge in [0.25, 0.3) is 0 Å². The first kappa shape index (κ1) is 30.7. The molecule has 0 bridgehead atoms. The number of urea groups is 3. The number of aliphatic imine (C=N–C) groups is 3. The van der Waals surface area contributed by atoms with Gasteiger partial charge in [0.05, 0.1) is 32.7 Å². The maximum atomic E-state index is 13.5. The molecular weight excluding hydrogens is 468 g/mol. The molecule has 1 fully saturated rings. The van der Waals surface area contributed by atoms with Gasteiger partial charge < -0.3 is 0 Å². The fraction of sp³-hybridized carbons (Fsp3) is 0.750. The van der Waals surface area contributed by atoms with Crippen LogP contribution in [-0.2, 0) is 14.4 Å². The molecule has 0 atom stereocenters. The minimum Gasteiger partial charge on any atom is -0.247 e. The highest BCUT2D eigenvalue weighted by Crippen LogP contribution is 2.23. The standard InChI is InChI=1S/C24H36N6O6/c31-19-25-13-7-1-4-10-16-29-22(34)28-23(35)30(24(29)36,17-11-5-2-8-14-26-20-32)18-12-6-3-9-15-27-21-33/h1-18H2/p+1. The second-order valence-corrected chi connectivity index (χ2v) is 8.75. The Morgan fingerprint density at radius 3 is 1.47 bits per heavy atom. The minimum atomic E-state index is -0.692. The Labute approximate surface area is 211 Å². The fourth-order valence-electron chi connectivity index (χ4n) is 4.18. The van der Waals surface area contributed by atoms with Crippen LogP contribution in [0.4, 0.5) is 14.4 Å². The lowest BCUT2D eigenvalue weighted by Gasteiger charge is -2.39. The number of imide groups is 3. The van der Waals surface area contributed by atoms with Gasteiger partial charge in [0.2, 0.25) is 18.2 Å². The molecule has 0 aromatic rings. The summed E-state index contributed by atoms with van der Waals surface area (Å²) in [6.45, 7) is 1.99. The van der Waals surface area contributed by atoms with Crippen molar-refractivity contribution in [3.63, 3.8) is 0 Å². The zero-order chi connectivity index (χ0) is 26.5. The fourth-order valence-corrected chi connectivity index (χ4v) is 4.18. The van der Waals surface area contributed by atoms with Crippen LogP contribution in [0.25, 0.3) is 0 Å². The van der Waals surface area contributed by atoms with E-state index in [0.717, 1.165) is 62.7 Å². The van der Waals surface area contributed by atoms with E-state index in [-0.39, 0.29) is 19.6 Å². The molecule has 0 aromatic heterocycles. The molecule has 0 aliphatic carbocycles. The van der Waals surface area contributed by atoms with Crippen LogP contribution in [0.3, 0.4) is 0 Å². The first-order chi connectivity index (χ1) is 17.5. The summed E-state index contributed by atoms with van der Waals surface area (Å²) < 4.78 is -0.446. The second-order valence-electron chi connectivity index (χ2n) is 8.75. The number of carbonyl (C=O) groups excluding carboxylic acids is 6. The lowest BCUT2D eigenvalue weighted by molar-refractivity contribution is -0.774. The molecule has 0 unspecified atom stereocenters. The van der Waals surface area contributed by atoms with Crippen molar-refractivity contribution in [2.24, 2.45) is 15.0 Å². The first-order valence-electron chi connectivity index (χ1n) is 12.7. The van der Waals surface area contributed by atoms with E-state index in [0.29, 0.717) is 38.9 Å². The Balaban J connectivity index is 2.76. The Hall–Kier alpha value is -3.29. The molecule has 1 aliphatic heterocycles. The van der Waals surface area contributed by atoms with Crippen molar-refractivity contribution < 1.29 is 33.3 Å². The van der Waals surface area contributed by atoms with E-state index in [2.05, 4.69) is 20.3 Å². The van der Waals surface area contributed by atoms with Crippen molar-refractivity contribution in [3.8, 4) is 0 Å². The maximum Gasteiger partial charge on any atom is 0.436 e. The van der Waals surface area contributed by atoms with Crippen LogP contribution in [0.15, 0.2) is 15.0 Å². The molecule has 1 saturated heterocycles. The summed E-state index contributed by atoms with van der Waals surface area (Å²) in [7, 11) is 0. The quantitative estimate of drug-likeness (QED) is 0.108. The van der Waals surface area contributed by atoms with Crippen molar-refractivity contribution in [2.45, 2.75) is 77.0 Å². The second kappa shape index (κ2) is 19.0. The smallest absolute Gasteiger partial charge is 0.247 e. The van der Waals surface area contributed by atoms with Crippen molar-refractivity contribution >= 4 is 36.3 Å². The van der Waals surface area contributed by atoms with Crippen LogP contribution in [-0.4, -0.2) is 85.0 Å². The van der Waals surface area contributed by atoms with Crippen LogP contribution in [0.5, 0.6) is 0 Å². The number of unbranched alkanes of at least 4 members (excludes halogenated alkanes) is 9. The van der Waals surface area contributed by atoms with E-state index in [4.69, 9.17) is 0 Å². The van der Waals surface area contributed by atoms with Gasteiger partial charge in [-0.2, -0.15) is 4.48 Å². The van der Waals surface area contributed by atoms with Crippen molar-refractivity contribution in [3.05, 3.63) is 0 Å². The third-order valence-corrected chi connectivity index (χ3v) is 6.16. The SMILES string of the molecule is O=C=NCCCCCCN1C(=O)NC(=O)[N+](CCCCCCN=C=O)(CCCCCCN=C=O)C1=O. The third kappa shape index (κ3) is 11.0. The molecule has 12 nitrogen and oxygen atoms in total. The van der Waals surface area contributed by atoms with E-state index in [1.807, 2.05) is 0 Å². The van der Waals surface area contributed by atoms with Gasteiger partial charge in [-0.1, -0.05) is 25.7 Å². The van der Waals surface area contributed by atoms with E-state index >= 15 is 0 Å². The zero-order valence-electron chi connectivity index (χ0n) is 20.9. The maximum absolute atomic E-state index is 13.5.